The van der Waals surface area contributed by atoms with Crippen LogP contribution in [0.5, 0.6) is 0 Å². The van der Waals surface area contributed by atoms with Crippen molar-refractivity contribution in [2.24, 2.45) is 0 Å². The number of amides is 2. The van der Waals surface area contributed by atoms with Crippen LogP contribution in [-0.2, 0) is 11.3 Å². The quantitative estimate of drug-likeness (QED) is 0.516. The molecule has 2 aliphatic heterocycles. The molecule has 10 heteroatoms. The first-order valence-corrected chi connectivity index (χ1v) is 12.5. The fourth-order valence-electron chi connectivity index (χ4n) is 4.75. The summed E-state index contributed by atoms with van der Waals surface area (Å²) in [5.41, 5.74) is 2.13. The van der Waals surface area contributed by atoms with E-state index >= 15 is 0 Å². The maximum Gasteiger partial charge on any atom is 0.289 e. The molecule has 1 aromatic carbocycles. The molecule has 4 heterocycles. The summed E-state index contributed by atoms with van der Waals surface area (Å²) in [5, 5.41) is 4.13. The SMILES string of the molecule is Cc1ccc(-c2noc(CN3CCN(C(C)C(=O)N4CCN(C(=O)c5ccco5)CC4)CC3)n2)cc1. The first-order valence-electron chi connectivity index (χ1n) is 12.5. The number of aryl methyl sites for hydroxylation is 1. The van der Waals surface area contributed by atoms with E-state index in [1.165, 1.54) is 11.8 Å². The second-order valence-corrected chi connectivity index (χ2v) is 9.46. The van der Waals surface area contributed by atoms with E-state index in [1.54, 1.807) is 17.0 Å². The van der Waals surface area contributed by atoms with Crippen LogP contribution in [0.15, 0.2) is 51.6 Å². The van der Waals surface area contributed by atoms with Crippen LogP contribution in [0.3, 0.4) is 0 Å². The van der Waals surface area contributed by atoms with Gasteiger partial charge in [-0.2, -0.15) is 4.98 Å². The minimum Gasteiger partial charge on any atom is -0.459 e. The molecule has 190 valence electrons. The Morgan fingerprint density at radius 1 is 0.944 bits per heavy atom. The van der Waals surface area contributed by atoms with E-state index in [2.05, 4.69) is 19.9 Å². The number of carbonyl (C=O) groups is 2. The number of furan rings is 1. The Bertz CT molecular complexity index is 1160. The molecule has 0 N–H and O–H groups in total. The zero-order valence-corrected chi connectivity index (χ0v) is 20.8. The number of rotatable bonds is 6. The predicted octanol–water partition coefficient (Wildman–Crippen LogP) is 2.13. The second kappa shape index (κ2) is 10.6. The minimum absolute atomic E-state index is 0.119. The Morgan fingerprint density at radius 2 is 1.64 bits per heavy atom. The summed E-state index contributed by atoms with van der Waals surface area (Å²) in [7, 11) is 0. The van der Waals surface area contributed by atoms with Crippen molar-refractivity contribution in [3.05, 3.63) is 59.9 Å². The Kier molecular flexibility index (Phi) is 7.15. The van der Waals surface area contributed by atoms with E-state index in [9.17, 15) is 9.59 Å². The molecule has 0 saturated carbocycles. The van der Waals surface area contributed by atoms with Crippen molar-refractivity contribution in [2.75, 3.05) is 52.4 Å². The van der Waals surface area contributed by atoms with Gasteiger partial charge in [-0.05, 0) is 26.0 Å². The summed E-state index contributed by atoms with van der Waals surface area (Å²) >= 11 is 0. The highest BCUT2D eigenvalue weighted by Gasteiger charge is 2.32. The first kappa shape index (κ1) is 24.2. The average Bonchev–Trinajstić information content (AvgIpc) is 3.61. The van der Waals surface area contributed by atoms with Gasteiger partial charge >= 0.3 is 0 Å². The van der Waals surface area contributed by atoms with Gasteiger partial charge in [0.05, 0.1) is 18.8 Å². The molecule has 5 rings (SSSR count). The van der Waals surface area contributed by atoms with Crippen molar-refractivity contribution in [3.8, 4) is 11.4 Å². The highest BCUT2D eigenvalue weighted by atomic mass is 16.5. The van der Waals surface area contributed by atoms with Crippen molar-refractivity contribution in [1.29, 1.82) is 0 Å². The Labute approximate surface area is 210 Å². The fourth-order valence-corrected chi connectivity index (χ4v) is 4.75. The molecule has 3 aromatic rings. The van der Waals surface area contributed by atoms with Crippen molar-refractivity contribution >= 4 is 11.8 Å². The highest BCUT2D eigenvalue weighted by molar-refractivity contribution is 5.91. The number of aromatic nitrogens is 2. The Morgan fingerprint density at radius 3 is 2.31 bits per heavy atom. The number of hydrogen-bond donors (Lipinski definition) is 0. The normalized spacial score (nSPS) is 18.4. The largest absolute Gasteiger partial charge is 0.459 e. The van der Waals surface area contributed by atoms with Crippen LogP contribution in [0, 0.1) is 6.92 Å². The zero-order valence-electron chi connectivity index (χ0n) is 20.8. The van der Waals surface area contributed by atoms with E-state index in [0.29, 0.717) is 50.2 Å². The molecule has 1 atom stereocenters. The van der Waals surface area contributed by atoms with Crippen LogP contribution in [0.4, 0.5) is 0 Å². The summed E-state index contributed by atoms with van der Waals surface area (Å²) in [6, 6.07) is 11.2. The summed E-state index contributed by atoms with van der Waals surface area (Å²) < 4.78 is 10.7. The maximum atomic E-state index is 13.1. The smallest absolute Gasteiger partial charge is 0.289 e. The topological polar surface area (TPSA) is 99.2 Å². The van der Waals surface area contributed by atoms with E-state index < -0.39 is 0 Å². The minimum atomic E-state index is -0.198. The summed E-state index contributed by atoms with van der Waals surface area (Å²) in [5.74, 6) is 1.54. The van der Waals surface area contributed by atoms with Crippen molar-refractivity contribution in [3.63, 3.8) is 0 Å². The molecular weight excluding hydrogens is 460 g/mol. The van der Waals surface area contributed by atoms with Gasteiger partial charge in [-0.15, -0.1) is 0 Å². The summed E-state index contributed by atoms with van der Waals surface area (Å²) in [6.07, 6.45) is 1.50. The number of hydrogen-bond acceptors (Lipinski definition) is 8. The number of benzene rings is 1. The van der Waals surface area contributed by atoms with Gasteiger partial charge in [0.25, 0.3) is 5.91 Å². The lowest BCUT2D eigenvalue weighted by atomic mass is 10.1. The highest BCUT2D eigenvalue weighted by Crippen LogP contribution is 2.18. The predicted molar refractivity (Wildman–Crippen MR) is 132 cm³/mol. The molecule has 2 fully saturated rings. The van der Waals surface area contributed by atoms with Gasteiger partial charge in [-0.3, -0.25) is 19.4 Å². The van der Waals surface area contributed by atoms with Gasteiger partial charge < -0.3 is 18.7 Å². The van der Waals surface area contributed by atoms with Gasteiger partial charge in [-0.25, -0.2) is 0 Å². The van der Waals surface area contributed by atoms with Crippen molar-refractivity contribution in [2.45, 2.75) is 26.4 Å². The third kappa shape index (κ3) is 5.34. The zero-order chi connectivity index (χ0) is 25.1. The lowest BCUT2D eigenvalue weighted by Crippen LogP contribution is -2.57. The van der Waals surface area contributed by atoms with Crippen LogP contribution in [0.25, 0.3) is 11.4 Å². The second-order valence-electron chi connectivity index (χ2n) is 9.46. The molecule has 0 radical (unpaired) electrons. The maximum absolute atomic E-state index is 13.1. The molecule has 0 aliphatic carbocycles. The van der Waals surface area contributed by atoms with Crippen LogP contribution >= 0.6 is 0 Å². The van der Waals surface area contributed by atoms with E-state index in [-0.39, 0.29) is 17.9 Å². The molecular formula is C26H32N6O4. The lowest BCUT2D eigenvalue weighted by molar-refractivity contribution is -0.138. The molecule has 2 aliphatic rings. The molecule has 2 saturated heterocycles. The van der Waals surface area contributed by atoms with Crippen LogP contribution in [0.1, 0.15) is 28.9 Å². The number of carbonyl (C=O) groups excluding carboxylic acids is 2. The third-order valence-corrected chi connectivity index (χ3v) is 7.06. The molecule has 2 amide bonds. The van der Waals surface area contributed by atoms with Crippen molar-refractivity contribution < 1.29 is 18.5 Å². The van der Waals surface area contributed by atoms with E-state index in [1.807, 2.05) is 43.0 Å². The van der Waals surface area contributed by atoms with Crippen LogP contribution in [0.2, 0.25) is 0 Å². The molecule has 10 nitrogen and oxygen atoms in total. The standard InChI is InChI=1S/C26H32N6O4/c1-19-5-7-21(8-6-19)24-27-23(36-28-24)18-29-9-11-30(12-10-29)20(2)25(33)31-13-15-32(16-14-31)26(34)22-4-3-17-35-22/h3-8,17,20H,9-16,18H2,1-2H3. The van der Waals surface area contributed by atoms with Crippen molar-refractivity contribution in [1.82, 2.24) is 29.7 Å². The van der Waals surface area contributed by atoms with Gasteiger partial charge in [0.1, 0.15) is 0 Å². The van der Waals surface area contributed by atoms with Gasteiger partial charge in [0.15, 0.2) is 5.76 Å². The average molecular weight is 493 g/mol. The number of nitrogens with zero attached hydrogens (tertiary/aromatic N) is 6. The van der Waals surface area contributed by atoms with Gasteiger partial charge in [0, 0.05) is 57.9 Å². The lowest BCUT2D eigenvalue weighted by Gasteiger charge is -2.40. The molecule has 0 bridgehead atoms. The van der Waals surface area contributed by atoms with Gasteiger partial charge in [0.2, 0.25) is 17.6 Å². The van der Waals surface area contributed by atoms with E-state index in [0.717, 1.165) is 31.7 Å². The number of piperazine rings is 2. The molecule has 36 heavy (non-hydrogen) atoms. The van der Waals surface area contributed by atoms with E-state index in [4.69, 9.17) is 8.94 Å². The third-order valence-electron chi connectivity index (χ3n) is 7.06. The molecule has 0 spiro atoms. The molecule has 2 aromatic heterocycles. The Hall–Kier alpha value is -3.50. The fraction of sp³-hybridized carbons (Fsp3) is 0.462. The Balaban J connectivity index is 1.07. The van der Waals surface area contributed by atoms with Gasteiger partial charge in [-0.1, -0.05) is 35.0 Å². The van der Waals surface area contributed by atoms with Crippen LogP contribution < -0.4 is 0 Å². The first-order chi connectivity index (χ1) is 17.5. The summed E-state index contributed by atoms with van der Waals surface area (Å²) in [4.78, 5) is 38.3. The molecule has 1 unspecified atom stereocenters. The summed E-state index contributed by atoms with van der Waals surface area (Å²) in [6.45, 7) is 9.96. The monoisotopic (exact) mass is 492 g/mol. The van der Waals surface area contributed by atoms with Crippen LogP contribution in [-0.4, -0.2) is 100.0 Å².